The number of rotatable bonds is 4. The Bertz CT molecular complexity index is 934. The lowest BCUT2D eigenvalue weighted by Gasteiger charge is -2.34. The number of carboxylic acids is 1. The van der Waals surface area contributed by atoms with Gasteiger partial charge in [0.05, 0.1) is 11.3 Å². The Labute approximate surface area is 157 Å². The zero-order valence-electron chi connectivity index (χ0n) is 15.9. The number of amides is 1. The first-order chi connectivity index (χ1) is 12.8. The molecule has 1 fully saturated rings. The molecule has 2 heterocycles. The third-order valence-electron chi connectivity index (χ3n) is 4.90. The molecule has 0 spiro atoms. The summed E-state index contributed by atoms with van der Waals surface area (Å²) in [6.07, 6.45) is 0.556. The number of aromatic nitrogens is 2. The Balaban J connectivity index is 2.07. The molecular weight excluding hydrogens is 346 g/mol. The Morgan fingerprint density at radius 1 is 1.22 bits per heavy atom. The summed E-state index contributed by atoms with van der Waals surface area (Å²) in [5.74, 6) is -1.49. The maximum Gasteiger partial charge on any atom is 0.308 e. The van der Waals surface area contributed by atoms with E-state index in [1.165, 1.54) is 4.68 Å². The van der Waals surface area contributed by atoms with Gasteiger partial charge in [-0.25, -0.2) is 4.68 Å². The number of likely N-dealkylation sites (tertiary alicyclic amines) is 1. The minimum absolute atomic E-state index is 0.0941. The minimum atomic E-state index is -0.887. The van der Waals surface area contributed by atoms with Crippen LogP contribution in [-0.2, 0) is 11.3 Å². The average molecular weight is 371 g/mol. The van der Waals surface area contributed by atoms with Crippen molar-refractivity contribution in [1.29, 1.82) is 0 Å². The maximum atomic E-state index is 13.2. The van der Waals surface area contributed by atoms with Crippen LogP contribution < -0.4 is 5.56 Å². The summed E-state index contributed by atoms with van der Waals surface area (Å²) in [6, 6.07) is 6.96. The molecule has 0 radical (unpaired) electrons. The summed E-state index contributed by atoms with van der Waals surface area (Å²) in [4.78, 5) is 38.9. The van der Waals surface area contributed by atoms with Gasteiger partial charge in [0.1, 0.15) is 0 Å². The number of nitrogens with zero attached hydrogens (tertiary/aromatic N) is 3. The predicted molar refractivity (Wildman–Crippen MR) is 102 cm³/mol. The molecule has 2 aromatic rings. The van der Waals surface area contributed by atoms with Gasteiger partial charge in [-0.05, 0) is 24.3 Å². The molecule has 0 aliphatic carbocycles. The summed E-state index contributed by atoms with van der Waals surface area (Å²) >= 11 is 0. The van der Waals surface area contributed by atoms with E-state index in [2.05, 4.69) is 5.10 Å². The molecule has 7 nitrogen and oxygen atoms in total. The second-order valence-corrected chi connectivity index (χ2v) is 7.86. The van der Waals surface area contributed by atoms with Crippen molar-refractivity contribution in [2.75, 3.05) is 13.1 Å². The summed E-state index contributed by atoms with van der Waals surface area (Å²) < 4.78 is 1.35. The van der Waals surface area contributed by atoms with Crippen LogP contribution in [0.4, 0.5) is 0 Å². The normalized spacial score (nSPS) is 20.2. The van der Waals surface area contributed by atoms with Crippen molar-refractivity contribution < 1.29 is 14.7 Å². The first-order valence-corrected chi connectivity index (χ1v) is 9.29. The van der Waals surface area contributed by atoms with E-state index in [0.29, 0.717) is 30.3 Å². The molecular formula is C20H25N3O4. The number of hydrogen-bond donors (Lipinski definition) is 1. The van der Waals surface area contributed by atoms with Crippen molar-refractivity contribution in [1.82, 2.24) is 14.7 Å². The van der Waals surface area contributed by atoms with Crippen molar-refractivity contribution in [2.45, 2.75) is 33.7 Å². The molecule has 1 aromatic heterocycles. The molecule has 7 heteroatoms. The highest BCUT2D eigenvalue weighted by molar-refractivity contribution is 6.04. The number of carbonyl (C=O) groups is 2. The van der Waals surface area contributed by atoms with E-state index < -0.39 is 11.9 Å². The largest absolute Gasteiger partial charge is 0.481 e. The van der Waals surface area contributed by atoms with Gasteiger partial charge in [0, 0.05) is 25.0 Å². The molecule has 144 valence electrons. The highest BCUT2D eigenvalue weighted by Crippen LogP contribution is 2.24. The number of hydrogen-bond acceptors (Lipinski definition) is 4. The molecule has 1 aliphatic heterocycles. The Hall–Kier alpha value is -2.70. The number of aliphatic carboxylic acids is 1. The lowest BCUT2D eigenvalue weighted by atomic mass is 9.90. The zero-order chi connectivity index (χ0) is 19.7. The SMILES string of the molecule is CC(C)Cn1nc(C(=O)N2CC(C)CC(C(=O)O)C2)c2ccccc2c1=O. The third kappa shape index (κ3) is 3.86. The molecule has 0 bridgehead atoms. The van der Waals surface area contributed by atoms with E-state index >= 15 is 0 Å². The Morgan fingerprint density at radius 3 is 2.52 bits per heavy atom. The van der Waals surface area contributed by atoms with Gasteiger partial charge < -0.3 is 10.0 Å². The molecule has 27 heavy (non-hydrogen) atoms. The average Bonchev–Trinajstić information content (AvgIpc) is 2.62. The van der Waals surface area contributed by atoms with Crippen molar-refractivity contribution >= 4 is 22.6 Å². The van der Waals surface area contributed by atoms with Crippen molar-refractivity contribution in [3.05, 3.63) is 40.3 Å². The number of fused-ring (bicyclic) bond motifs is 1. The molecule has 0 saturated carbocycles. The molecule has 3 rings (SSSR count). The molecule has 2 atom stereocenters. The van der Waals surface area contributed by atoms with Gasteiger partial charge in [-0.15, -0.1) is 0 Å². The third-order valence-corrected chi connectivity index (χ3v) is 4.90. The van der Waals surface area contributed by atoms with Gasteiger partial charge in [0.25, 0.3) is 11.5 Å². The van der Waals surface area contributed by atoms with Crippen LogP contribution in [0.1, 0.15) is 37.7 Å². The van der Waals surface area contributed by atoms with Gasteiger partial charge in [0.2, 0.25) is 0 Å². The second-order valence-electron chi connectivity index (χ2n) is 7.86. The van der Waals surface area contributed by atoms with Gasteiger partial charge in [-0.3, -0.25) is 14.4 Å². The van der Waals surface area contributed by atoms with Crippen LogP contribution in [0.15, 0.2) is 29.1 Å². The van der Waals surface area contributed by atoms with Crippen LogP contribution in [-0.4, -0.2) is 44.8 Å². The second kappa shape index (κ2) is 7.50. The lowest BCUT2D eigenvalue weighted by Crippen LogP contribution is -2.46. The Kier molecular flexibility index (Phi) is 5.30. The number of benzene rings is 1. The van der Waals surface area contributed by atoms with Gasteiger partial charge in [-0.2, -0.15) is 5.10 Å². The smallest absolute Gasteiger partial charge is 0.308 e. The summed E-state index contributed by atoms with van der Waals surface area (Å²) in [7, 11) is 0. The van der Waals surface area contributed by atoms with Crippen molar-refractivity contribution in [3.8, 4) is 0 Å². The summed E-state index contributed by atoms with van der Waals surface area (Å²) in [5.41, 5.74) is -0.00429. The van der Waals surface area contributed by atoms with E-state index in [0.717, 1.165) is 0 Å². The number of piperidine rings is 1. The fourth-order valence-electron chi connectivity index (χ4n) is 3.71. The van der Waals surface area contributed by atoms with Crippen molar-refractivity contribution in [3.63, 3.8) is 0 Å². The standard InChI is InChI=1S/C20H25N3O4/c1-12(2)9-23-18(24)16-7-5-4-6-15(16)17(21-23)19(25)22-10-13(3)8-14(11-22)20(26)27/h4-7,12-14H,8-11H2,1-3H3,(H,26,27). The molecule has 2 unspecified atom stereocenters. The van der Waals surface area contributed by atoms with Gasteiger partial charge in [0.15, 0.2) is 5.69 Å². The monoisotopic (exact) mass is 371 g/mol. The van der Waals surface area contributed by atoms with Crippen LogP contribution in [0, 0.1) is 17.8 Å². The molecule has 1 aliphatic rings. The molecule has 1 saturated heterocycles. The molecule has 1 aromatic carbocycles. The van der Waals surface area contributed by atoms with E-state index in [-0.39, 0.29) is 35.5 Å². The number of carbonyl (C=O) groups excluding carboxylic acids is 1. The van der Waals surface area contributed by atoms with E-state index in [1.807, 2.05) is 20.8 Å². The Morgan fingerprint density at radius 2 is 1.89 bits per heavy atom. The first-order valence-electron chi connectivity index (χ1n) is 9.29. The fourth-order valence-corrected chi connectivity index (χ4v) is 3.71. The minimum Gasteiger partial charge on any atom is -0.481 e. The summed E-state index contributed by atoms with van der Waals surface area (Å²) in [5, 5.41) is 14.7. The van der Waals surface area contributed by atoms with E-state index in [4.69, 9.17) is 0 Å². The van der Waals surface area contributed by atoms with Crippen LogP contribution in [0.3, 0.4) is 0 Å². The van der Waals surface area contributed by atoms with Crippen LogP contribution in [0.5, 0.6) is 0 Å². The molecule has 1 N–H and O–H groups in total. The van der Waals surface area contributed by atoms with Crippen LogP contribution in [0.25, 0.3) is 10.8 Å². The first kappa shape index (κ1) is 19.1. The van der Waals surface area contributed by atoms with Crippen LogP contribution >= 0.6 is 0 Å². The molecule has 1 amide bonds. The predicted octanol–water partition coefficient (Wildman–Crippen LogP) is 2.24. The summed E-state index contributed by atoms with van der Waals surface area (Å²) in [6.45, 7) is 6.97. The van der Waals surface area contributed by atoms with E-state index in [1.54, 1.807) is 29.2 Å². The highest BCUT2D eigenvalue weighted by atomic mass is 16.4. The topological polar surface area (TPSA) is 92.5 Å². The number of carboxylic acid groups (broad SMARTS) is 1. The fraction of sp³-hybridized carbons (Fsp3) is 0.500. The van der Waals surface area contributed by atoms with E-state index in [9.17, 15) is 19.5 Å². The highest BCUT2D eigenvalue weighted by Gasteiger charge is 2.33. The van der Waals surface area contributed by atoms with Gasteiger partial charge >= 0.3 is 5.97 Å². The zero-order valence-corrected chi connectivity index (χ0v) is 15.9. The van der Waals surface area contributed by atoms with Crippen molar-refractivity contribution in [2.24, 2.45) is 17.8 Å². The van der Waals surface area contributed by atoms with Gasteiger partial charge in [-0.1, -0.05) is 39.0 Å². The quantitative estimate of drug-likeness (QED) is 0.890. The van der Waals surface area contributed by atoms with Crippen LogP contribution in [0.2, 0.25) is 0 Å². The lowest BCUT2D eigenvalue weighted by molar-refractivity contribution is -0.143. The maximum absolute atomic E-state index is 13.2.